The highest BCUT2D eigenvalue weighted by Crippen LogP contribution is 2.13. The third kappa shape index (κ3) is 7.90. The highest BCUT2D eigenvalue weighted by molar-refractivity contribution is 14.0. The lowest BCUT2D eigenvalue weighted by Crippen LogP contribution is -2.41. The number of guanidine groups is 1. The van der Waals surface area contributed by atoms with Gasteiger partial charge >= 0.3 is 0 Å². The average Bonchev–Trinajstić information content (AvgIpc) is 3.10. The fourth-order valence-electron chi connectivity index (χ4n) is 2.39. The normalized spacial score (nSPS) is 11.0. The van der Waals surface area contributed by atoms with Gasteiger partial charge in [0, 0.05) is 56.4 Å². The molecule has 2 N–H and O–H groups in total. The number of benzene rings is 1. The smallest absolute Gasteiger partial charge is 0.191 e. The number of thiazole rings is 1. The van der Waals surface area contributed by atoms with Crippen molar-refractivity contribution in [1.82, 2.24) is 15.6 Å². The van der Waals surface area contributed by atoms with Crippen LogP contribution in [0.15, 0.2) is 41.5 Å². The Kier molecular flexibility index (Phi) is 11.3. The van der Waals surface area contributed by atoms with Gasteiger partial charge in [-0.3, -0.25) is 4.99 Å². The van der Waals surface area contributed by atoms with Crippen molar-refractivity contribution in [2.75, 3.05) is 38.1 Å². The van der Waals surface area contributed by atoms with Crippen LogP contribution >= 0.6 is 35.3 Å². The number of hydrogen-bond donors (Lipinski definition) is 2. The van der Waals surface area contributed by atoms with Gasteiger partial charge in [0.25, 0.3) is 0 Å². The van der Waals surface area contributed by atoms with Gasteiger partial charge in [0.05, 0.1) is 5.01 Å². The summed E-state index contributed by atoms with van der Waals surface area (Å²) in [4.78, 5) is 12.7. The molecule has 0 radical (unpaired) electrons. The fraction of sp³-hybridized carbons (Fsp3) is 0.474. The first-order valence-corrected chi connectivity index (χ1v) is 9.76. The second-order valence-electron chi connectivity index (χ2n) is 5.77. The molecule has 0 amide bonds. The third-order valence-electron chi connectivity index (χ3n) is 3.83. The number of hydrogen-bond acceptors (Lipinski definition) is 4. The van der Waals surface area contributed by atoms with Crippen LogP contribution in [0.3, 0.4) is 0 Å². The zero-order chi connectivity index (χ0) is 17.9. The van der Waals surface area contributed by atoms with Crippen molar-refractivity contribution in [3.8, 4) is 0 Å². The van der Waals surface area contributed by atoms with Gasteiger partial charge in [-0.15, -0.1) is 35.3 Å². The van der Waals surface area contributed by atoms with E-state index in [0.29, 0.717) is 0 Å². The summed E-state index contributed by atoms with van der Waals surface area (Å²) in [6.07, 6.45) is 3.93. The minimum atomic E-state index is 0. The van der Waals surface area contributed by atoms with Crippen LogP contribution in [0.1, 0.15) is 23.7 Å². The van der Waals surface area contributed by atoms with Crippen LogP contribution in [0.4, 0.5) is 5.69 Å². The number of halogens is 1. The van der Waals surface area contributed by atoms with Crippen molar-refractivity contribution >= 4 is 47.0 Å². The highest BCUT2D eigenvalue weighted by Gasteiger charge is 2.03. The lowest BCUT2D eigenvalue weighted by molar-refractivity contribution is 0.778. The molecule has 7 heteroatoms. The molecule has 1 heterocycles. The van der Waals surface area contributed by atoms with E-state index in [0.717, 1.165) is 45.0 Å². The Hall–Kier alpha value is -1.35. The molecule has 0 spiro atoms. The molecule has 0 saturated heterocycles. The monoisotopic (exact) mass is 487 g/mol. The largest absolute Gasteiger partial charge is 0.373 e. The number of nitrogens with zero attached hydrogens (tertiary/aromatic N) is 3. The van der Waals surface area contributed by atoms with E-state index in [2.05, 4.69) is 70.7 Å². The fourth-order valence-corrected chi connectivity index (χ4v) is 3.24. The van der Waals surface area contributed by atoms with Crippen LogP contribution < -0.4 is 15.5 Å². The van der Waals surface area contributed by atoms with Crippen molar-refractivity contribution < 1.29 is 0 Å². The summed E-state index contributed by atoms with van der Waals surface area (Å²) in [6, 6.07) is 10.4. The summed E-state index contributed by atoms with van der Waals surface area (Å²) in [5.74, 6) is 0.872. The van der Waals surface area contributed by atoms with E-state index in [1.807, 2.05) is 12.3 Å². The predicted octanol–water partition coefficient (Wildman–Crippen LogP) is 3.56. The van der Waals surface area contributed by atoms with Crippen LogP contribution in [0, 0.1) is 0 Å². The van der Waals surface area contributed by atoms with Gasteiger partial charge < -0.3 is 15.5 Å². The molecule has 1 aromatic heterocycles. The first kappa shape index (κ1) is 22.7. The molecule has 0 fully saturated rings. The summed E-state index contributed by atoms with van der Waals surface area (Å²) >= 11 is 1.79. The Morgan fingerprint density at radius 2 is 1.96 bits per heavy atom. The molecular formula is C19H30IN5S. The lowest BCUT2D eigenvalue weighted by Gasteiger charge is -2.20. The first-order chi connectivity index (χ1) is 12.2. The second kappa shape index (κ2) is 12.9. The number of anilines is 1. The van der Waals surface area contributed by atoms with Gasteiger partial charge in [-0.1, -0.05) is 25.1 Å². The number of nitrogens with one attached hydrogen (secondary N) is 2. The van der Waals surface area contributed by atoms with E-state index in [4.69, 9.17) is 0 Å². The average molecular weight is 487 g/mol. The molecule has 0 aliphatic heterocycles. The summed E-state index contributed by atoms with van der Waals surface area (Å²) in [5, 5.41) is 7.87. The number of aliphatic imine (C=N–C) groups is 1. The van der Waals surface area contributed by atoms with E-state index < -0.39 is 0 Å². The molecule has 0 saturated carbocycles. The van der Waals surface area contributed by atoms with Crippen molar-refractivity contribution in [2.45, 2.75) is 26.7 Å². The van der Waals surface area contributed by atoms with Crippen molar-refractivity contribution in [1.29, 1.82) is 0 Å². The minimum Gasteiger partial charge on any atom is -0.373 e. The van der Waals surface area contributed by atoms with E-state index in [9.17, 15) is 0 Å². The summed E-state index contributed by atoms with van der Waals surface area (Å²) in [6.45, 7) is 7.62. The SMILES string of the molecule is CCNC(=NCCc1ncc(CC)s1)NCCN(C)c1ccccc1.I. The van der Waals surface area contributed by atoms with E-state index in [1.54, 1.807) is 11.3 Å². The molecular weight excluding hydrogens is 457 g/mol. The molecule has 0 aliphatic carbocycles. The molecule has 26 heavy (non-hydrogen) atoms. The second-order valence-corrected chi connectivity index (χ2v) is 6.97. The van der Waals surface area contributed by atoms with Crippen LogP contribution in [0.5, 0.6) is 0 Å². The summed E-state index contributed by atoms with van der Waals surface area (Å²) in [5.41, 5.74) is 1.22. The zero-order valence-electron chi connectivity index (χ0n) is 15.9. The van der Waals surface area contributed by atoms with Gasteiger partial charge in [0.15, 0.2) is 5.96 Å². The van der Waals surface area contributed by atoms with Gasteiger partial charge in [-0.05, 0) is 25.5 Å². The van der Waals surface area contributed by atoms with Gasteiger partial charge in [-0.2, -0.15) is 0 Å². The number of rotatable bonds is 9. The maximum absolute atomic E-state index is 4.66. The number of likely N-dealkylation sites (N-methyl/N-ethyl adjacent to an activating group) is 1. The zero-order valence-corrected chi connectivity index (χ0v) is 19.0. The molecule has 0 aliphatic rings. The Labute approximate surface area is 178 Å². The Morgan fingerprint density at radius 1 is 1.19 bits per heavy atom. The molecule has 1 aromatic carbocycles. The Balaban J connectivity index is 0.00000338. The maximum atomic E-state index is 4.66. The molecule has 0 bridgehead atoms. The van der Waals surface area contributed by atoms with Crippen molar-refractivity contribution in [3.63, 3.8) is 0 Å². The van der Waals surface area contributed by atoms with Gasteiger partial charge in [0.1, 0.15) is 0 Å². The van der Waals surface area contributed by atoms with Gasteiger partial charge in [-0.25, -0.2) is 4.98 Å². The molecule has 2 rings (SSSR count). The minimum absolute atomic E-state index is 0. The number of aryl methyl sites for hydroxylation is 1. The van der Waals surface area contributed by atoms with Crippen LogP contribution in [0.25, 0.3) is 0 Å². The van der Waals surface area contributed by atoms with Crippen molar-refractivity contribution in [2.24, 2.45) is 4.99 Å². The Morgan fingerprint density at radius 3 is 2.62 bits per heavy atom. The highest BCUT2D eigenvalue weighted by atomic mass is 127. The third-order valence-corrected chi connectivity index (χ3v) is 5.03. The molecule has 144 valence electrons. The molecule has 2 aromatic rings. The van der Waals surface area contributed by atoms with Crippen LogP contribution in [-0.2, 0) is 12.8 Å². The number of para-hydroxylation sites is 1. The maximum Gasteiger partial charge on any atom is 0.191 e. The summed E-state index contributed by atoms with van der Waals surface area (Å²) < 4.78 is 0. The molecule has 0 unspecified atom stereocenters. The van der Waals surface area contributed by atoms with Crippen LogP contribution in [0.2, 0.25) is 0 Å². The number of aromatic nitrogens is 1. The predicted molar refractivity (Wildman–Crippen MR) is 124 cm³/mol. The Bertz CT molecular complexity index is 644. The van der Waals surface area contributed by atoms with Crippen LogP contribution in [-0.4, -0.2) is 44.2 Å². The first-order valence-electron chi connectivity index (χ1n) is 8.94. The quantitative estimate of drug-likeness (QED) is 0.323. The summed E-state index contributed by atoms with van der Waals surface area (Å²) in [7, 11) is 2.11. The lowest BCUT2D eigenvalue weighted by atomic mass is 10.3. The van der Waals surface area contributed by atoms with E-state index in [1.165, 1.54) is 15.6 Å². The molecule has 0 atom stereocenters. The van der Waals surface area contributed by atoms with Crippen molar-refractivity contribution in [3.05, 3.63) is 46.4 Å². The topological polar surface area (TPSA) is 52.6 Å². The van der Waals surface area contributed by atoms with E-state index in [-0.39, 0.29) is 24.0 Å². The van der Waals surface area contributed by atoms with Gasteiger partial charge in [0.2, 0.25) is 0 Å². The molecule has 5 nitrogen and oxygen atoms in total. The standard InChI is InChI=1S/C19H29N5S.HI/c1-4-17-15-23-18(25-17)11-12-21-19(20-5-2)22-13-14-24(3)16-9-7-6-8-10-16;/h6-10,15H,4-5,11-14H2,1-3H3,(H2,20,21,22);1H. The van der Waals surface area contributed by atoms with E-state index >= 15 is 0 Å².